The third kappa shape index (κ3) is 2.69. The SMILES string of the molecule is Cc1nc2n(n1)CC(Nc1cc(C)c([N+](=O)[O-])cn1)CC2. The summed E-state index contributed by atoms with van der Waals surface area (Å²) >= 11 is 0. The van der Waals surface area contributed by atoms with E-state index < -0.39 is 4.92 Å². The van der Waals surface area contributed by atoms with Gasteiger partial charge in [-0.15, -0.1) is 0 Å². The summed E-state index contributed by atoms with van der Waals surface area (Å²) in [5, 5.41) is 18.5. The van der Waals surface area contributed by atoms with Crippen molar-refractivity contribution in [2.45, 2.75) is 39.3 Å². The summed E-state index contributed by atoms with van der Waals surface area (Å²) in [6.45, 7) is 4.33. The summed E-state index contributed by atoms with van der Waals surface area (Å²) < 4.78 is 1.91. The maximum absolute atomic E-state index is 10.8. The van der Waals surface area contributed by atoms with Crippen molar-refractivity contribution in [3.63, 3.8) is 0 Å². The maximum atomic E-state index is 10.8. The summed E-state index contributed by atoms with van der Waals surface area (Å²) in [4.78, 5) is 18.9. The number of pyridine rings is 1. The summed E-state index contributed by atoms with van der Waals surface area (Å²) in [7, 11) is 0. The van der Waals surface area contributed by atoms with E-state index in [1.807, 2.05) is 11.6 Å². The monoisotopic (exact) mass is 288 g/mol. The standard InChI is InChI=1S/C13H16N6O2/c1-8-5-12(14-6-11(8)19(20)21)16-10-3-4-13-15-9(2)17-18(13)7-10/h5-6,10H,3-4,7H2,1-2H3,(H,14,16). The highest BCUT2D eigenvalue weighted by atomic mass is 16.6. The van der Waals surface area contributed by atoms with Crippen LogP contribution in [0.15, 0.2) is 12.3 Å². The van der Waals surface area contributed by atoms with Crippen molar-refractivity contribution in [1.29, 1.82) is 0 Å². The minimum atomic E-state index is -0.419. The molecule has 2 aromatic rings. The van der Waals surface area contributed by atoms with Crippen LogP contribution >= 0.6 is 0 Å². The summed E-state index contributed by atoms with van der Waals surface area (Å²) in [6.07, 6.45) is 3.10. The summed E-state index contributed by atoms with van der Waals surface area (Å²) in [5.74, 6) is 2.46. The first kappa shape index (κ1) is 13.5. The van der Waals surface area contributed by atoms with Crippen LogP contribution in [-0.2, 0) is 13.0 Å². The molecule has 0 fully saturated rings. The number of fused-ring (bicyclic) bond motifs is 1. The molecule has 0 radical (unpaired) electrons. The fourth-order valence-electron chi connectivity index (χ4n) is 2.58. The lowest BCUT2D eigenvalue weighted by atomic mass is 10.1. The molecular formula is C13H16N6O2. The zero-order chi connectivity index (χ0) is 15.0. The van der Waals surface area contributed by atoms with Crippen LogP contribution in [0.4, 0.5) is 11.5 Å². The van der Waals surface area contributed by atoms with Gasteiger partial charge in [-0.3, -0.25) is 10.1 Å². The molecule has 0 aliphatic carbocycles. The number of anilines is 1. The first-order chi connectivity index (χ1) is 10.0. The second-order valence-corrected chi connectivity index (χ2v) is 5.25. The predicted molar refractivity (Wildman–Crippen MR) is 76.1 cm³/mol. The molecule has 1 aliphatic heterocycles. The van der Waals surface area contributed by atoms with Gasteiger partial charge >= 0.3 is 0 Å². The van der Waals surface area contributed by atoms with Gasteiger partial charge in [0.05, 0.1) is 11.5 Å². The van der Waals surface area contributed by atoms with Crippen LogP contribution in [-0.4, -0.2) is 30.7 Å². The van der Waals surface area contributed by atoms with E-state index in [2.05, 4.69) is 20.4 Å². The van der Waals surface area contributed by atoms with Crippen LogP contribution in [0.25, 0.3) is 0 Å². The van der Waals surface area contributed by atoms with E-state index in [9.17, 15) is 10.1 Å². The molecule has 8 nitrogen and oxygen atoms in total. The van der Waals surface area contributed by atoms with Gasteiger partial charge in [-0.05, 0) is 26.3 Å². The van der Waals surface area contributed by atoms with Crippen molar-refractivity contribution in [3.8, 4) is 0 Å². The Balaban J connectivity index is 1.73. The second kappa shape index (κ2) is 5.12. The average molecular weight is 288 g/mol. The van der Waals surface area contributed by atoms with Crippen LogP contribution in [0, 0.1) is 24.0 Å². The second-order valence-electron chi connectivity index (χ2n) is 5.25. The fourth-order valence-corrected chi connectivity index (χ4v) is 2.58. The van der Waals surface area contributed by atoms with Gasteiger partial charge in [0.25, 0.3) is 5.69 Å². The van der Waals surface area contributed by atoms with Gasteiger partial charge in [-0.25, -0.2) is 14.6 Å². The zero-order valence-corrected chi connectivity index (χ0v) is 11.9. The fraction of sp³-hybridized carbons (Fsp3) is 0.462. The van der Waals surface area contributed by atoms with Crippen molar-refractivity contribution >= 4 is 11.5 Å². The van der Waals surface area contributed by atoms with Crippen molar-refractivity contribution in [2.75, 3.05) is 5.32 Å². The Hall–Kier alpha value is -2.51. The molecule has 0 aromatic carbocycles. The Bertz CT molecular complexity index is 696. The van der Waals surface area contributed by atoms with Gasteiger partial charge in [-0.1, -0.05) is 0 Å². The van der Waals surface area contributed by atoms with Crippen LogP contribution in [0.1, 0.15) is 23.6 Å². The largest absolute Gasteiger partial charge is 0.365 e. The highest BCUT2D eigenvalue weighted by Gasteiger charge is 2.21. The van der Waals surface area contributed by atoms with Gasteiger partial charge in [-0.2, -0.15) is 5.10 Å². The highest BCUT2D eigenvalue weighted by molar-refractivity contribution is 5.47. The number of nitro groups is 1. The number of nitrogens with one attached hydrogen (secondary N) is 1. The molecule has 2 aromatic heterocycles. The minimum absolute atomic E-state index is 0.0402. The lowest BCUT2D eigenvalue weighted by Gasteiger charge is -2.24. The molecule has 21 heavy (non-hydrogen) atoms. The van der Waals surface area contributed by atoms with Crippen LogP contribution in [0.2, 0.25) is 0 Å². The quantitative estimate of drug-likeness (QED) is 0.680. The molecular weight excluding hydrogens is 272 g/mol. The van der Waals surface area contributed by atoms with E-state index in [0.717, 1.165) is 31.0 Å². The van der Waals surface area contributed by atoms with Crippen molar-refractivity contribution < 1.29 is 4.92 Å². The van der Waals surface area contributed by atoms with E-state index >= 15 is 0 Å². The Kier molecular flexibility index (Phi) is 3.28. The molecule has 3 rings (SSSR count). The number of hydrogen-bond acceptors (Lipinski definition) is 6. The van der Waals surface area contributed by atoms with Crippen LogP contribution in [0.3, 0.4) is 0 Å². The molecule has 0 spiro atoms. The average Bonchev–Trinajstić information content (AvgIpc) is 2.77. The summed E-state index contributed by atoms with van der Waals surface area (Å²) in [6, 6.07) is 1.91. The molecule has 3 heterocycles. The number of aromatic nitrogens is 4. The summed E-state index contributed by atoms with van der Waals surface area (Å²) in [5.41, 5.74) is 0.643. The first-order valence-corrected chi connectivity index (χ1v) is 6.81. The van der Waals surface area contributed by atoms with Gasteiger partial charge in [0.1, 0.15) is 23.7 Å². The molecule has 1 aliphatic rings. The Morgan fingerprint density at radius 2 is 2.29 bits per heavy atom. The molecule has 0 bridgehead atoms. The maximum Gasteiger partial charge on any atom is 0.290 e. The molecule has 1 atom stereocenters. The third-order valence-corrected chi connectivity index (χ3v) is 3.60. The number of nitrogens with zero attached hydrogens (tertiary/aromatic N) is 5. The van der Waals surface area contributed by atoms with Crippen molar-refractivity contribution in [2.24, 2.45) is 0 Å². The van der Waals surface area contributed by atoms with Gasteiger partial charge < -0.3 is 5.32 Å². The topological polar surface area (TPSA) is 98.8 Å². The predicted octanol–water partition coefficient (Wildman–Crippen LogP) is 1.63. The lowest BCUT2D eigenvalue weighted by molar-refractivity contribution is -0.385. The smallest absolute Gasteiger partial charge is 0.290 e. The third-order valence-electron chi connectivity index (χ3n) is 3.60. The lowest BCUT2D eigenvalue weighted by Crippen LogP contribution is -2.32. The van der Waals surface area contributed by atoms with E-state index in [0.29, 0.717) is 11.4 Å². The van der Waals surface area contributed by atoms with Gasteiger partial charge in [0, 0.05) is 18.0 Å². The Morgan fingerprint density at radius 1 is 1.48 bits per heavy atom. The highest BCUT2D eigenvalue weighted by Crippen LogP contribution is 2.21. The number of rotatable bonds is 3. The normalized spacial score (nSPS) is 17.3. The van der Waals surface area contributed by atoms with Crippen molar-refractivity contribution in [1.82, 2.24) is 19.7 Å². The zero-order valence-electron chi connectivity index (χ0n) is 11.9. The molecule has 1 unspecified atom stereocenters. The van der Waals surface area contributed by atoms with E-state index in [-0.39, 0.29) is 11.7 Å². The van der Waals surface area contributed by atoms with E-state index in [1.54, 1.807) is 13.0 Å². The molecule has 1 N–H and O–H groups in total. The van der Waals surface area contributed by atoms with Gasteiger partial charge in [0.15, 0.2) is 0 Å². The number of aryl methyl sites for hydroxylation is 3. The molecule has 0 amide bonds. The number of hydrogen-bond donors (Lipinski definition) is 1. The molecule has 110 valence electrons. The molecule has 8 heteroatoms. The molecule has 0 saturated heterocycles. The van der Waals surface area contributed by atoms with Crippen LogP contribution < -0.4 is 5.32 Å². The van der Waals surface area contributed by atoms with Crippen molar-refractivity contribution in [3.05, 3.63) is 39.6 Å². The minimum Gasteiger partial charge on any atom is -0.365 e. The van der Waals surface area contributed by atoms with Crippen LogP contribution in [0.5, 0.6) is 0 Å². The first-order valence-electron chi connectivity index (χ1n) is 6.81. The Labute approximate surface area is 121 Å². The van der Waals surface area contributed by atoms with E-state index in [1.165, 1.54) is 6.20 Å². The van der Waals surface area contributed by atoms with E-state index in [4.69, 9.17) is 0 Å². The Morgan fingerprint density at radius 3 is 3.00 bits per heavy atom. The molecule has 0 saturated carbocycles. The van der Waals surface area contributed by atoms with Gasteiger partial charge in [0.2, 0.25) is 0 Å².